The molecule has 6 N–H and O–H groups in total. The summed E-state index contributed by atoms with van der Waals surface area (Å²) < 4.78 is 16.1. The highest BCUT2D eigenvalue weighted by Gasteiger charge is 2.52. The summed E-state index contributed by atoms with van der Waals surface area (Å²) >= 11 is 0. The molecule has 4 rings (SSSR count). The van der Waals surface area contributed by atoms with Gasteiger partial charge in [-0.05, 0) is 29.3 Å². The maximum Gasteiger partial charge on any atom is 0.303 e. The van der Waals surface area contributed by atoms with Crippen LogP contribution in [0.4, 0.5) is 0 Å². The van der Waals surface area contributed by atoms with Gasteiger partial charge in [-0.15, -0.1) is 0 Å². The van der Waals surface area contributed by atoms with E-state index in [-0.39, 0.29) is 27.8 Å². The highest BCUT2D eigenvalue weighted by molar-refractivity contribution is 6.16. The summed E-state index contributed by atoms with van der Waals surface area (Å²) in [5, 5.41) is 63.7. The lowest BCUT2D eigenvalue weighted by Gasteiger charge is -2.46. The summed E-state index contributed by atoms with van der Waals surface area (Å²) in [5.74, 6) is -5.09. The Bertz CT molecular complexity index is 1250. The third-order valence-electron chi connectivity index (χ3n) is 6.49. The Hall–Kier alpha value is -3.71. The van der Waals surface area contributed by atoms with Crippen molar-refractivity contribution in [3.8, 4) is 17.2 Å². The van der Waals surface area contributed by atoms with Crippen LogP contribution >= 0.6 is 0 Å². The minimum Gasteiger partial charge on any atom is -0.508 e. The molecule has 2 aliphatic rings. The molecule has 0 amide bonds. The highest BCUT2D eigenvalue weighted by Crippen LogP contribution is 2.50. The van der Waals surface area contributed by atoms with Crippen LogP contribution in [-0.2, 0) is 30.4 Å². The SMILES string of the molecule is CC(=O)OCC1OC(C2c3cc(CO)cc(O)c3C(=O)c3c(O)ccc(O)c32)C(O)C(O)C1OC(C)=O. The highest BCUT2D eigenvalue weighted by atomic mass is 16.6. The maximum atomic E-state index is 13.3. The molecule has 1 aliphatic heterocycles. The van der Waals surface area contributed by atoms with Crippen LogP contribution in [0.5, 0.6) is 17.2 Å². The van der Waals surface area contributed by atoms with Crippen LogP contribution in [0, 0.1) is 0 Å². The van der Waals surface area contributed by atoms with E-state index in [1.165, 1.54) is 6.07 Å². The molecule has 0 spiro atoms. The second-order valence-corrected chi connectivity index (χ2v) is 8.93. The van der Waals surface area contributed by atoms with Gasteiger partial charge < -0.3 is 44.8 Å². The van der Waals surface area contributed by atoms with Crippen LogP contribution in [0.25, 0.3) is 0 Å². The fraction of sp³-hybridized carbons (Fsp3) is 0.400. The van der Waals surface area contributed by atoms with Gasteiger partial charge in [0.05, 0.1) is 23.8 Å². The van der Waals surface area contributed by atoms with Crippen LogP contribution in [0.2, 0.25) is 0 Å². The topological polar surface area (TPSA) is 200 Å². The molecule has 1 saturated heterocycles. The summed E-state index contributed by atoms with van der Waals surface area (Å²) in [4.78, 5) is 36.4. The molecule has 2 aromatic carbocycles. The lowest BCUT2D eigenvalue weighted by molar-refractivity contribution is -0.242. The van der Waals surface area contributed by atoms with Gasteiger partial charge in [0.2, 0.25) is 5.78 Å². The van der Waals surface area contributed by atoms with Crippen LogP contribution < -0.4 is 0 Å². The lowest BCUT2D eigenvalue weighted by Crippen LogP contribution is -2.61. The fourth-order valence-corrected chi connectivity index (χ4v) is 4.98. The molecule has 2 aromatic rings. The molecule has 0 aromatic heterocycles. The van der Waals surface area contributed by atoms with Gasteiger partial charge in [-0.3, -0.25) is 14.4 Å². The molecular weight excluding hydrogens is 492 g/mol. The van der Waals surface area contributed by atoms with Crippen molar-refractivity contribution >= 4 is 17.7 Å². The van der Waals surface area contributed by atoms with Gasteiger partial charge in [-0.25, -0.2) is 0 Å². The van der Waals surface area contributed by atoms with Crippen molar-refractivity contribution in [3.05, 3.63) is 52.1 Å². The molecule has 1 aliphatic carbocycles. The molecule has 37 heavy (non-hydrogen) atoms. The van der Waals surface area contributed by atoms with Gasteiger partial charge in [-0.1, -0.05) is 6.07 Å². The Morgan fingerprint density at radius 2 is 1.62 bits per heavy atom. The van der Waals surface area contributed by atoms with E-state index in [1.807, 2.05) is 0 Å². The average Bonchev–Trinajstić information content (AvgIpc) is 2.83. The number of ether oxygens (including phenoxy) is 3. The Balaban J connectivity index is 1.91. The van der Waals surface area contributed by atoms with Crippen molar-refractivity contribution in [1.82, 2.24) is 0 Å². The van der Waals surface area contributed by atoms with Crippen molar-refractivity contribution in [2.45, 2.75) is 56.9 Å². The standard InChI is InChI=1S/C25H26O12/c1-9(27)35-8-16-24(36-10(2)28)22(33)23(34)25(37-16)18-12-5-11(7-26)6-15(31)17(12)21(32)20-14(30)4-3-13(29)19(18)20/h3-6,16,18,22-26,29-31,33-34H,7-8H2,1-2H3. The van der Waals surface area contributed by atoms with Crippen molar-refractivity contribution in [2.24, 2.45) is 0 Å². The zero-order valence-corrected chi connectivity index (χ0v) is 19.8. The molecular formula is C25H26O12. The van der Waals surface area contributed by atoms with Crippen molar-refractivity contribution in [3.63, 3.8) is 0 Å². The minimum absolute atomic E-state index is 0.0378. The van der Waals surface area contributed by atoms with Gasteiger partial charge in [-0.2, -0.15) is 0 Å². The number of esters is 2. The Kier molecular flexibility index (Phi) is 7.11. The molecule has 12 nitrogen and oxygen atoms in total. The van der Waals surface area contributed by atoms with Crippen LogP contribution in [0.15, 0.2) is 24.3 Å². The molecule has 198 valence electrons. The number of phenols is 3. The molecule has 1 heterocycles. The fourth-order valence-electron chi connectivity index (χ4n) is 4.98. The number of carbonyl (C=O) groups excluding carboxylic acids is 3. The second kappa shape index (κ2) is 9.98. The van der Waals surface area contributed by atoms with Gasteiger partial charge in [0.25, 0.3) is 0 Å². The predicted octanol–water partition coefficient (Wildman–Crippen LogP) is -0.0440. The number of phenolic OH excluding ortho intramolecular Hbond substituents is 3. The molecule has 6 atom stereocenters. The monoisotopic (exact) mass is 518 g/mol. The number of hydrogen-bond donors (Lipinski definition) is 6. The molecule has 0 bridgehead atoms. The van der Waals surface area contributed by atoms with E-state index in [4.69, 9.17) is 14.2 Å². The molecule has 0 saturated carbocycles. The summed E-state index contributed by atoms with van der Waals surface area (Å²) in [6.45, 7) is 1.20. The van der Waals surface area contributed by atoms with Crippen molar-refractivity contribution in [1.29, 1.82) is 0 Å². The number of aromatic hydroxyl groups is 3. The van der Waals surface area contributed by atoms with E-state index in [2.05, 4.69) is 0 Å². The first kappa shape index (κ1) is 26.4. The number of fused-ring (bicyclic) bond motifs is 2. The number of benzene rings is 2. The van der Waals surface area contributed by atoms with Crippen LogP contribution in [0.1, 0.15) is 52.4 Å². The number of hydrogen-bond acceptors (Lipinski definition) is 12. The zero-order valence-electron chi connectivity index (χ0n) is 19.8. The first-order valence-corrected chi connectivity index (χ1v) is 11.3. The third-order valence-corrected chi connectivity index (χ3v) is 6.49. The first-order valence-electron chi connectivity index (χ1n) is 11.3. The largest absolute Gasteiger partial charge is 0.508 e. The number of rotatable bonds is 5. The first-order chi connectivity index (χ1) is 17.5. The quantitative estimate of drug-likeness (QED) is 0.228. The average molecular weight is 518 g/mol. The van der Waals surface area contributed by atoms with E-state index in [0.717, 1.165) is 32.0 Å². The summed E-state index contributed by atoms with van der Waals surface area (Å²) in [6, 6.07) is 4.73. The third kappa shape index (κ3) is 4.60. The molecule has 1 fully saturated rings. The van der Waals surface area contributed by atoms with Crippen molar-refractivity contribution in [2.75, 3.05) is 6.61 Å². The van der Waals surface area contributed by atoms with E-state index in [9.17, 15) is 45.0 Å². The minimum atomic E-state index is -1.79. The smallest absolute Gasteiger partial charge is 0.303 e. The number of ketones is 1. The number of aliphatic hydroxyl groups is 3. The maximum absolute atomic E-state index is 13.3. The van der Waals surface area contributed by atoms with Gasteiger partial charge in [0, 0.05) is 25.3 Å². The summed E-state index contributed by atoms with van der Waals surface area (Å²) in [5.41, 5.74) is -0.540. The lowest BCUT2D eigenvalue weighted by atomic mass is 9.71. The van der Waals surface area contributed by atoms with E-state index in [1.54, 1.807) is 0 Å². The molecule has 0 radical (unpaired) electrons. The Morgan fingerprint density at radius 3 is 2.24 bits per heavy atom. The normalized spacial score (nSPS) is 26.7. The van der Waals surface area contributed by atoms with Gasteiger partial charge in [0.1, 0.15) is 42.2 Å². The van der Waals surface area contributed by atoms with Gasteiger partial charge >= 0.3 is 11.9 Å². The number of aliphatic hydroxyl groups excluding tert-OH is 3. The molecule has 6 unspecified atom stereocenters. The second-order valence-electron chi connectivity index (χ2n) is 8.93. The van der Waals surface area contributed by atoms with Crippen molar-refractivity contribution < 1.29 is 59.2 Å². The van der Waals surface area contributed by atoms with Crippen LogP contribution in [0.3, 0.4) is 0 Å². The zero-order chi connectivity index (χ0) is 27.2. The van der Waals surface area contributed by atoms with E-state index >= 15 is 0 Å². The summed E-state index contributed by atoms with van der Waals surface area (Å²) in [7, 11) is 0. The summed E-state index contributed by atoms with van der Waals surface area (Å²) in [6.07, 6.45) is -7.76. The Morgan fingerprint density at radius 1 is 0.946 bits per heavy atom. The van der Waals surface area contributed by atoms with E-state index < -0.39 is 84.6 Å². The Labute approximate surface area is 210 Å². The van der Waals surface area contributed by atoms with E-state index in [0.29, 0.717) is 0 Å². The van der Waals surface area contributed by atoms with Crippen LogP contribution in [-0.4, -0.2) is 85.5 Å². The predicted molar refractivity (Wildman–Crippen MR) is 122 cm³/mol. The van der Waals surface area contributed by atoms with Gasteiger partial charge in [0.15, 0.2) is 6.10 Å². The molecule has 12 heteroatoms. The number of carbonyl (C=O) groups is 3.